The second-order valence-electron chi connectivity index (χ2n) is 3.78. The first-order valence-corrected chi connectivity index (χ1v) is 5.25. The molecule has 0 saturated carbocycles. The van der Waals surface area contributed by atoms with E-state index in [-0.39, 0.29) is 0 Å². The van der Waals surface area contributed by atoms with Gasteiger partial charge in [-0.1, -0.05) is 19.4 Å². The molecule has 0 atom stereocenters. The zero-order chi connectivity index (χ0) is 9.97. The quantitative estimate of drug-likeness (QED) is 0.787. The molecule has 0 unspecified atom stereocenters. The van der Waals surface area contributed by atoms with Gasteiger partial charge in [0.2, 0.25) is 0 Å². The van der Waals surface area contributed by atoms with Gasteiger partial charge in [-0.05, 0) is 37.5 Å². The predicted molar refractivity (Wildman–Crippen MR) is 59.4 cm³/mol. The Morgan fingerprint density at radius 1 is 1.36 bits per heavy atom. The van der Waals surface area contributed by atoms with Gasteiger partial charge in [-0.25, -0.2) is 4.98 Å². The average Bonchev–Trinajstić information content (AvgIpc) is 2.54. The van der Waals surface area contributed by atoms with Crippen molar-refractivity contribution in [2.45, 2.75) is 33.1 Å². The Kier molecular flexibility index (Phi) is 2.53. The molecule has 0 fully saturated rings. The van der Waals surface area contributed by atoms with Gasteiger partial charge in [0.15, 0.2) is 0 Å². The van der Waals surface area contributed by atoms with Crippen LogP contribution in [-0.4, -0.2) is 9.97 Å². The Labute approximate surface area is 84.4 Å². The monoisotopic (exact) mass is 188 g/mol. The van der Waals surface area contributed by atoms with Crippen molar-refractivity contribution in [3.8, 4) is 0 Å². The molecule has 0 aliphatic carbocycles. The first-order chi connectivity index (χ1) is 6.79. The van der Waals surface area contributed by atoms with Gasteiger partial charge in [-0.15, -0.1) is 0 Å². The SMILES string of the molecule is CCCCc1ccc2nc(C)[nH]c2c1. The standard InChI is InChI=1S/C12H16N2/c1-3-4-5-10-6-7-11-12(8-10)14-9(2)13-11/h6-8H,3-5H2,1-2H3,(H,13,14). The number of nitrogens with one attached hydrogen (secondary N) is 1. The van der Waals surface area contributed by atoms with Crippen LogP contribution in [0.4, 0.5) is 0 Å². The lowest BCUT2D eigenvalue weighted by molar-refractivity contribution is 0.796. The maximum absolute atomic E-state index is 4.38. The van der Waals surface area contributed by atoms with Crippen molar-refractivity contribution in [1.82, 2.24) is 9.97 Å². The second kappa shape index (κ2) is 3.82. The van der Waals surface area contributed by atoms with Crippen LogP contribution in [0.25, 0.3) is 11.0 Å². The summed E-state index contributed by atoms with van der Waals surface area (Å²) in [4.78, 5) is 7.64. The molecule has 2 rings (SSSR count). The van der Waals surface area contributed by atoms with Gasteiger partial charge in [0.1, 0.15) is 5.82 Å². The van der Waals surface area contributed by atoms with Crippen molar-refractivity contribution in [3.05, 3.63) is 29.6 Å². The summed E-state index contributed by atoms with van der Waals surface area (Å²) in [7, 11) is 0. The van der Waals surface area contributed by atoms with Gasteiger partial charge in [0, 0.05) is 0 Å². The Balaban J connectivity index is 2.31. The van der Waals surface area contributed by atoms with Crippen molar-refractivity contribution in [1.29, 1.82) is 0 Å². The van der Waals surface area contributed by atoms with Crippen LogP contribution in [0.1, 0.15) is 31.2 Å². The number of nitrogens with zero attached hydrogens (tertiary/aromatic N) is 1. The number of benzene rings is 1. The number of aryl methyl sites for hydroxylation is 2. The number of imidazole rings is 1. The van der Waals surface area contributed by atoms with Crippen molar-refractivity contribution in [3.63, 3.8) is 0 Å². The van der Waals surface area contributed by atoms with E-state index in [4.69, 9.17) is 0 Å². The Morgan fingerprint density at radius 2 is 2.21 bits per heavy atom. The van der Waals surface area contributed by atoms with Crippen molar-refractivity contribution in [2.24, 2.45) is 0 Å². The second-order valence-corrected chi connectivity index (χ2v) is 3.78. The minimum absolute atomic E-state index is 0.993. The maximum atomic E-state index is 4.38. The average molecular weight is 188 g/mol. The zero-order valence-electron chi connectivity index (χ0n) is 8.80. The molecular formula is C12H16N2. The van der Waals surface area contributed by atoms with Gasteiger partial charge in [-0.2, -0.15) is 0 Å². The lowest BCUT2D eigenvalue weighted by atomic mass is 10.1. The summed E-state index contributed by atoms with van der Waals surface area (Å²) < 4.78 is 0. The van der Waals surface area contributed by atoms with Crippen LogP contribution in [-0.2, 0) is 6.42 Å². The molecule has 0 aliphatic rings. The molecule has 2 nitrogen and oxygen atoms in total. The van der Waals surface area contributed by atoms with Crippen LogP contribution >= 0.6 is 0 Å². The van der Waals surface area contributed by atoms with E-state index < -0.39 is 0 Å². The molecule has 2 aromatic rings. The summed E-state index contributed by atoms with van der Waals surface area (Å²) in [6.07, 6.45) is 3.68. The minimum atomic E-state index is 0.993. The van der Waals surface area contributed by atoms with Crippen LogP contribution in [0.15, 0.2) is 18.2 Å². The molecule has 0 spiro atoms. The third-order valence-electron chi connectivity index (χ3n) is 2.48. The molecule has 1 heterocycles. The number of rotatable bonds is 3. The van der Waals surface area contributed by atoms with E-state index in [1.165, 1.54) is 24.8 Å². The molecule has 1 N–H and O–H groups in total. The molecule has 0 bridgehead atoms. The van der Waals surface area contributed by atoms with E-state index in [2.05, 4.69) is 35.1 Å². The highest BCUT2D eigenvalue weighted by atomic mass is 14.9. The van der Waals surface area contributed by atoms with Gasteiger partial charge >= 0.3 is 0 Å². The Hall–Kier alpha value is -1.31. The first-order valence-electron chi connectivity index (χ1n) is 5.25. The summed E-state index contributed by atoms with van der Waals surface area (Å²) in [5, 5.41) is 0. The molecule has 2 heteroatoms. The molecule has 1 aromatic heterocycles. The first kappa shape index (κ1) is 9.25. The van der Waals surface area contributed by atoms with Gasteiger partial charge in [0.25, 0.3) is 0 Å². The molecular weight excluding hydrogens is 172 g/mol. The van der Waals surface area contributed by atoms with Crippen molar-refractivity contribution < 1.29 is 0 Å². The number of aromatic nitrogens is 2. The normalized spacial score (nSPS) is 11.0. The molecule has 74 valence electrons. The van der Waals surface area contributed by atoms with E-state index >= 15 is 0 Å². The van der Waals surface area contributed by atoms with Crippen molar-refractivity contribution >= 4 is 11.0 Å². The molecule has 0 aliphatic heterocycles. The van der Waals surface area contributed by atoms with Gasteiger partial charge in [0.05, 0.1) is 11.0 Å². The number of fused-ring (bicyclic) bond motifs is 1. The third-order valence-corrected chi connectivity index (χ3v) is 2.48. The summed E-state index contributed by atoms with van der Waals surface area (Å²) in [5.41, 5.74) is 3.64. The van der Waals surface area contributed by atoms with Crippen LogP contribution in [0.3, 0.4) is 0 Å². The fraction of sp³-hybridized carbons (Fsp3) is 0.417. The van der Waals surface area contributed by atoms with Crippen molar-refractivity contribution in [2.75, 3.05) is 0 Å². The highest BCUT2D eigenvalue weighted by Crippen LogP contribution is 2.14. The number of H-pyrrole nitrogens is 1. The summed E-state index contributed by atoms with van der Waals surface area (Å²) in [6, 6.07) is 6.49. The van der Waals surface area contributed by atoms with E-state index in [1.54, 1.807) is 0 Å². The smallest absolute Gasteiger partial charge is 0.104 e. The van der Waals surface area contributed by atoms with Crippen LogP contribution in [0, 0.1) is 6.92 Å². The largest absolute Gasteiger partial charge is 0.342 e. The maximum Gasteiger partial charge on any atom is 0.104 e. The lowest BCUT2D eigenvalue weighted by Gasteiger charge is -1.98. The summed E-state index contributed by atoms with van der Waals surface area (Å²) in [6.45, 7) is 4.21. The fourth-order valence-corrected chi connectivity index (χ4v) is 1.72. The van der Waals surface area contributed by atoms with Gasteiger partial charge in [-0.3, -0.25) is 0 Å². The number of aromatic amines is 1. The predicted octanol–water partition coefficient (Wildman–Crippen LogP) is 3.21. The summed E-state index contributed by atoms with van der Waals surface area (Å²) in [5.74, 6) is 0.993. The molecule has 0 radical (unpaired) electrons. The van der Waals surface area contributed by atoms with E-state index in [0.717, 1.165) is 16.9 Å². The Bertz CT molecular complexity index is 429. The van der Waals surface area contributed by atoms with Crippen LogP contribution in [0.5, 0.6) is 0 Å². The molecule has 0 saturated heterocycles. The zero-order valence-corrected chi connectivity index (χ0v) is 8.80. The fourth-order valence-electron chi connectivity index (χ4n) is 1.72. The molecule has 14 heavy (non-hydrogen) atoms. The van der Waals surface area contributed by atoms with E-state index in [9.17, 15) is 0 Å². The molecule has 1 aromatic carbocycles. The number of hydrogen-bond acceptors (Lipinski definition) is 1. The van der Waals surface area contributed by atoms with Crippen LogP contribution in [0.2, 0.25) is 0 Å². The topological polar surface area (TPSA) is 28.7 Å². The van der Waals surface area contributed by atoms with Gasteiger partial charge < -0.3 is 4.98 Å². The summed E-state index contributed by atoms with van der Waals surface area (Å²) >= 11 is 0. The van der Waals surface area contributed by atoms with Crippen LogP contribution < -0.4 is 0 Å². The highest BCUT2D eigenvalue weighted by molar-refractivity contribution is 5.75. The van der Waals surface area contributed by atoms with E-state index in [0.29, 0.717) is 0 Å². The minimum Gasteiger partial charge on any atom is -0.342 e. The van der Waals surface area contributed by atoms with E-state index in [1.807, 2.05) is 6.92 Å². The third kappa shape index (κ3) is 1.79. The Morgan fingerprint density at radius 3 is 3.00 bits per heavy atom. The number of unbranched alkanes of at least 4 members (excludes halogenated alkanes) is 1. The number of hydrogen-bond donors (Lipinski definition) is 1. The lowest BCUT2D eigenvalue weighted by Crippen LogP contribution is -1.83. The highest BCUT2D eigenvalue weighted by Gasteiger charge is 1.99. The molecule has 0 amide bonds.